The Morgan fingerprint density at radius 3 is 2.69 bits per heavy atom. The van der Waals surface area contributed by atoms with Crippen molar-refractivity contribution in [3.63, 3.8) is 0 Å². The molecule has 2 fully saturated rings. The van der Waals surface area contributed by atoms with Crippen LogP contribution in [-0.4, -0.2) is 57.6 Å². The SMILES string of the molecule is C=CC(=O)N1CCCC[C@@H](n2c(NC(=O)c3ccnc(OC)c3)nc3ccc(OC4CCCCC4)c(Cl)c32)C1. The number of nitrogens with one attached hydrogen (secondary N) is 1. The molecule has 3 heterocycles. The zero-order valence-corrected chi connectivity index (χ0v) is 23.0. The van der Waals surface area contributed by atoms with Gasteiger partial charge in [0.15, 0.2) is 0 Å². The van der Waals surface area contributed by atoms with E-state index in [1.165, 1.54) is 25.8 Å². The second kappa shape index (κ2) is 12.1. The highest BCUT2D eigenvalue weighted by atomic mass is 35.5. The van der Waals surface area contributed by atoms with E-state index in [9.17, 15) is 9.59 Å². The Morgan fingerprint density at radius 2 is 1.92 bits per heavy atom. The molecule has 9 nitrogen and oxygen atoms in total. The third-order valence-corrected chi connectivity index (χ3v) is 7.90. The molecular weight excluding hydrogens is 518 g/mol. The molecule has 2 aliphatic rings. The van der Waals surface area contributed by atoms with Crippen molar-refractivity contribution >= 4 is 40.4 Å². The topological polar surface area (TPSA) is 98.6 Å². The van der Waals surface area contributed by atoms with Crippen LogP contribution >= 0.6 is 11.6 Å². The Bertz CT molecular complexity index is 1370. The summed E-state index contributed by atoms with van der Waals surface area (Å²) in [6.45, 7) is 4.77. The van der Waals surface area contributed by atoms with Crippen LogP contribution in [0.3, 0.4) is 0 Å². The number of ether oxygens (including phenoxy) is 2. The van der Waals surface area contributed by atoms with Gasteiger partial charge in [0.1, 0.15) is 10.8 Å². The molecule has 0 radical (unpaired) electrons. The smallest absolute Gasteiger partial charge is 0.258 e. The molecule has 5 rings (SSSR count). The Morgan fingerprint density at radius 1 is 1.13 bits per heavy atom. The fourth-order valence-electron chi connectivity index (χ4n) is 5.52. The lowest BCUT2D eigenvalue weighted by Gasteiger charge is -2.27. The lowest BCUT2D eigenvalue weighted by Crippen LogP contribution is -2.34. The van der Waals surface area contributed by atoms with Crippen molar-refractivity contribution in [2.75, 3.05) is 25.5 Å². The van der Waals surface area contributed by atoms with E-state index in [2.05, 4.69) is 16.9 Å². The Kier molecular flexibility index (Phi) is 8.35. The molecule has 2 aromatic heterocycles. The number of carbonyl (C=O) groups excluding carboxylic acids is 2. The standard InChI is InChI=1S/C29H34ClN5O4/c1-3-25(36)34-16-8-7-9-20(18-34)35-27-22(12-13-23(26(27)30)39-21-10-5-4-6-11-21)32-29(35)33-28(37)19-14-15-31-24(17-19)38-2/h3,12-15,17,20-21H,1,4-11,16,18H2,2H3,(H,32,33,37)/t20-/m1/s1. The van der Waals surface area contributed by atoms with E-state index >= 15 is 0 Å². The number of hydrogen-bond acceptors (Lipinski definition) is 6. The third kappa shape index (κ3) is 5.88. The van der Waals surface area contributed by atoms with Crippen LogP contribution in [0.2, 0.25) is 5.02 Å². The van der Waals surface area contributed by atoms with Gasteiger partial charge < -0.3 is 18.9 Å². The number of pyridine rings is 1. The van der Waals surface area contributed by atoms with Gasteiger partial charge in [0, 0.05) is 30.9 Å². The number of rotatable bonds is 7. The van der Waals surface area contributed by atoms with Crippen LogP contribution in [0.5, 0.6) is 11.6 Å². The maximum absolute atomic E-state index is 13.3. The summed E-state index contributed by atoms with van der Waals surface area (Å²) in [6, 6.07) is 6.76. The van der Waals surface area contributed by atoms with Crippen molar-refractivity contribution in [2.45, 2.75) is 63.5 Å². The van der Waals surface area contributed by atoms with E-state index in [1.54, 1.807) is 17.0 Å². The molecule has 1 atom stereocenters. The summed E-state index contributed by atoms with van der Waals surface area (Å²) in [7, 11) is 1.50. The molecule has 206 valence electrons. The van der Waals surface area contributed by atoms with Crippen molar-refractivity contribution in [3.8, 4) is 11.6 Å². The van der Waals surface area contributed by atoms with Gasteiger partial charge in [-0.2, -0.15) is 0 Å². The van der Waals surface area contributed by atoms with E-state index in [0.717, 1.165) is 44.9 Å². The largest absolute Gasteiger partial charge is 0.489 e. The molecule has 1 aromatic carbocycles. The number of benzene rings is 1. The second-order valence-corrected chi connectivity index (χ2v) is 10.5. The Labute approximate surface area is 233 Å². The average molecular weight is 552 g/mol. The van der Waals surface area contributed by atoms with E-state index in [-0.39, 0.29) is 24.0 Å². The molecule has 0 unspecified atom stereocenters. The number of methoxy groups -OCH3 is 1. The molecule has 1 aliphatic heterocycles. The first-order valence-electron chi connectivity index (χ1n) is 13.6. The zero-order valence-electron chi connectivity index (χ0n) is 22.2. The molecule has 2 amide bonds. The minimum Gasteiger partial charge on any atom is -0.489 e. The van der Waals surface area contributed by atoms with Gasteiger partial charge in [0.05, 0.1) is 30.3 Å². The Balaban J connectivity index is 1.57. The van der Waals surface area contributed by atoms with E-state index < -0.39 is 0 Å². The molecular formula is C29H34ClN5O4. The summed E-state index contributed by atoms with van der Waals surface area (Å²) in [5.74, 6) is 0.843. The number of likely N-dealkylation sites (tertiary alicyclic amines) is 1. The average Bonchev–Trinajstić information content (AvgIpc) is 3.15. The monoisotopic (exact) mass is 551 g/mol. The lowest BCUT2D eigenvalue weighted by atomic mass is 9.98. The fraction of sp³-hybridized carbons (Fsp3) is 0.448. The lowest BCUT2D eigenvalue weighted by molar-refractivity contribution is -0.126. The van der Waals surface area contributed by atoms with Crippen molar-refractivity contribution in [1.82, 2.24) is 19.4 Å². The molecule has 39 heavy (non-hydrogen) atoms. The normalized spacial score (nSPS) is 18.4. The van der Waals surface area contributed by atoms with Crippen molar-refractivity contribution in [1.29, 1.82) is 0 Å². The maximum Gasteiger partial charge on any atom is 0.258 e. The van der Waals surface area contributed by atoms with Gasteiger partial charge in [-0.3, -0.25) is 14.9 Å². The second-order valence-electron chi connectivity index (χ2n) is 10.1. The first-order valence-corrected chi connectivity index (χ1v) is 14.0. The van der Waals surface area contributed by atoms with Crippen LogP contribution in [0.4, 0.5) is 5.95 Å². The van der Waals surface area contributed by atoms with Crippen molar-refractivity contribution in [3.05, 3.63) is 53.7 Å². The number of fused-ring (bicyclic) bond motifs is 1. The van der Waals surface area contributed by atoms with Gasteiger partial charge in [-0.1, -0.05) is 24.6 Å². The number of halogens is 1. The number of nitrogens with zero attached hydrogens (tertiary/aromatic N) is 4. The minimum atomic E-state index is -0.352. The fourth-order valence-corrected chi connectivity index (χ4v) is 5.82. The molecule has 10 heteroatoms. The number of imidazole rings is 1. The number of anilines is 1. The molecule has 0 spiro atoms. The van der Waals surface area contributed by atoms with Crippen LogP contribution in [0.15, 0.2) is 43.1 Å². The summed E-state index contributed by atoms with van der Waals surface area (Å²) in [5.41, 5.74) is 1.71. The predicted octanol–water partition coefficient (Wildman–Crippen LogP) is 5.80. The van der Waals surface area contributed by atoms with Crippen LogP contribution in [0.25, 0.3) is 11.0 Å². The molecule has 1 saturated heterocycles. The van der Waals surface area contributed by atoms with Gasteiger partial charge in [0.2, 0.25) is 17.7 Å². The Hall–Kier alpha value is -3.59. The minimum absolute atomic E-state index is 0.117. The van der Waals surface area contributed by atoms with E-state index in [0.29, 0.717) is 52.3 Å². The third-order valence-electron chi connectivity index (χ3n) is 7.53. The first kappa shape index (κ1) is 27.0. The van der Waals surface area contributed by atoms with Crippen LogP contribution in [0, 0.1) is 0 Å². The van der Waals surface area contributed by atoms with Crippen LogP contribution in [-0.2, 0) is 4.79 Å². The quantitative estimate of drug-likeness (QED) is 0.373. The molecule has 3 aromatic rings. The molecule has 1 N–H and O–H groups in total. The maximum atomic E-state index is 13.3. The first-order chi connectivity index (χ1) is 19.0. The van der Waals surface area contributed by atoms with Crippen molar-refractivity contribution in [2.24, 2.45) is 0 Å². The molecule has 1 saturated carbocycles. The number of carbonyl (C=O) groups is 2. The highest BCUT2D eigenvalue weighted by molar-refractivity contribution is 6.36. The number of aromatic nitrogens is 3. The molecule has 1 aliphatic carbocycles. The van der Waals surface area contributed by atoms with Gasteiger partial charge in [-0.25, -0.2) is 9.97 Å². The number of hydrogen-bond donors (Lipinski definition) is 1. The van der Waals surface area contributed by atoms with Gasteiger partial charge in [-0.05, 0) is 69.2 Å². The summed E-state index contributed by atoms with van der Waals surface area (Å²) in [5, 5.41) is 3.44. The van der Waals surface area contributed by atoms with Crippen molar-refractivity contribution < 1.29 is 19.1 Å². The number of amides is 2. The van der Waals surface area contributed by atoms with Crippen LogP contribution in [0.1, 0.15) is 67.8 Å². The predicted molar refractivity (Wildman–Crippen MR) is 151 cm³/mol. The van der Waals surface area contributed by atoms with E-state index in [1.807, 2.05) is 16.7 Å². The van der Waals surface area contributed by atoms with E-state index in [4.69, 9.17) is 26.1 Å². The van der Waals surface area contributed by atoms with Gasteiger partial charge in [-0.15, -0.1) is 0 Å². The highest BCUT2D eigenvalue weighted by Gasteiger charge is 2.29. The van der Waals surface area contributed by atoms with Gasteiger partial charge in [0.25, 0.3) is 5.91 Å². The zero-order chi connectivity index (χ0) is 27.4. The summed E-state index contributed by atoms with van der Waals surface area (Å²) in [4.78, 5) is 36.6. The summed E-state index contributed by atoms with van der Waals surface area (Å²) in [6.07, 6.45) is 11.1. The van der Waals surface area contributed by atoms with Crippen LogP contribution < -0.4 is 14.8 Å². The van der Waals surface area contributed by atoms with Gasteiger partial charge >= 0.3 is 0 Å². The molecule has 0 bridgehead atoms. The summed E-state index contributed by atoms with van der Waals surface area (Å²) >= 11 is 7.04. The summed E-state index contributed by atoms with van der Waals surface area (Å²) < 4.78 is 13.5. The highest BCUT2D eigenvalue weighted by Crippen LogP contribution is 2.39.